The van der Waals surface area contributed by atoms with Crippen LogP contribution in [0.4, 0.5) is 5.69 Å². The van der Waals surface area contributed by atoms with Gasteiger partial charge in [-0.05, 0) is 47.9 Å². The van der Waals surface area contributed by atoms with E-state index in [9.17, 15) is 14.4 Å². The van der Waals surface area contributed by atoms with Gasteiger partial charge in [-0.3, -0.25) is 9.59 Å². The van der Waals surface area contributed by atoms with Crippen molar-refractivity contribution in [3.05, 3.63) is 65.5 Å². The molecule has 36 heavy (non-hydrogen) atoms. The summed E-state index contributed by atoms with van der Waals surface area (Å²) < 4.78 is 11.9. The normalized spacial score (nSPS) is 10.7. The lowest BCUT2D eigenvalue weighted by atomic mass is 10.0. The van der Waals surface area contributed by atoms with Crippen molar-refractivity contribution in [2.45, 2.75) is 31.5 Å². The topological polar surface area (TPSA) is 124 Å². The number of carbonyl (C=O) groups excluding carboxylic acids is 3. The van der Waals surface area contributed by atoms with Crippen LogP contribution in [-0.4, -0.2) is 52.0 Å². The van der Waals surface area contributed by atoms with Crippen LogP contribution >= 0.6 is 11.8 Å². The Balaban J connectivity index is 1.42. The first-order valence-electron chi connectivity index (χ1n) is 11.3. The van der Waals surface area contributed by atoms with Crippen molar-refractivity contribution in [1.82, 2.24) is 20.1 Å². The van der Waals surface area contributed by atoms with Crippen LogP contribution in [0.25, 0.3) is 0 Å². The standard InChI is InChI=1S/C25H29N5O5S/c1-16(2)17-7-11-20(12-8-17)35-14-22(31)26-13-21-28-29-25(30(21)3)36-15-23(32)27-19-9-5-18(6-10-19)24(33)34-4/h5-12,16H,13-15H2,1-4H3,(H,26,31)(H,27,32). The molecular formula is C25H29N5O5S. The van der Waals surface area contributed by atoms with Gasteiger partial charge < -0.3 is 24.7 Å². The molecule has 0 saturated heterocycles. The van der Waals surface area contributed by atoms with Crippen LogP contribution < -0.4 is 15.4 Å². The summed E-state index contributed by atoms with van der Waals surface area (Å²) in [6.45, 7) is 4.30. The number of hydrogen-bond acceptors (Lipinski definition) is 8. The van der Waals surface area contributed by atoms with Crippen molar-refractivity contribution >= 4 is 35.2 Å². The number of anilines is 1. The Kier molecular flexibility index (Phi) is 9.46. The smallest absolute Gasteiger partial charge is 0.337 e. The Labute approximate surface area is 213 Å². The number of nitrogens with zero attached hydrogens (tertiary/aromatic N) is 3. The van der Waals surface area contributed by atoms with Gasteiger partial charge in [-0.15, -0.1) is 10.2 Å². The maximum atomic E-state index is 12.3. The number of methoxy groups -OCH3 is 1. The third-order valence-corrected chi connectivity index (χ3v) is 6.23. The van der Waals surface area contributed by atoms with Crippen LogP contribution in [0, 0.1) is 0 Å². The van der Waals surface area contributed by atoms with Crippen LogP contribution in [0.15, 0.2) is 53.7 Å². The van der Waals surface area contributed by atoms with E-state index >= 15 is 0 Å². The molecule has 0 aliphatic heterocycles. The average Bonchev–Trinajstić information content (AvgIpc) is 3.24. The zero-order valence-electron chi connectivity index (χ0n) is 20.6. The summed E-state index contributed by atoms with van der Waals surface area (Å²) in [5.74, 6) is 0.760. The Hall–Kier alpha value is -3.86. The minimum absolute atomic E-state index is 0.110. The molecule has 0 spiro atoms. The number of rotatable bonds is 11. The fraction of sp³-hybridized carbons (Fsp3) is 0.320. The maximum absolute atomic E-state index is 12.3. The predicted molar refractivity (Wildman–Crippen MR) is 136 cm³/mol. The van der Waals surface area contributed by atoms with Crippen LogP contribution in [0.2, 0.25) is 0 Å². The molecule has 0 bridgehead atoms. The largest absolute Gasteiger partial charge is 0.484 e. The van der Waals surface area contributed by atoms with Gasteiger partial charge in [-0.2, -0.15) is 0 Å². The fourth-order valence-corrected chi connectivity index (χ4v) is 3.82. The molecule has 0 unspecified atom stereocenters. The van der Waals surface area contributed by atoms with Gasteiger partial charge in [0.1, 0.15) is 5.75 Å². The van der Waals surface area contributed by atoms with Gasteiger partial charge in [0, 0.05) is 12.7 Å². The molecule has 0 aliphatic carbocycles. The Morgan fingerprint density at radius 2 is 1.69 bits per heavy atom. The molecule has 1 aromatic heterocycles. The lowest BCUT2D eigenvalue weighted by Crippen LogP contribution is -2.29. The van der Waals surface area contributed by atoms with Crippen molar-refractivity contribution in [3.8, 4) is 5.75 Å². The second-order valence-corrected chi connectivity index (χ2v) is 9.10. The SMILES string of the molecule is COC(=O)c1ccc(NC(=O)CSc2nnc(CNC(=O)COc3ccc(C(C)C)cc3)n2C)cc1. The van der Waals surface area contributed by atoms with Gasteiger partial charge in [0.2, 0.25) is 5.91 Å². The van der Waals surface area contributed by atoms with Crippen molar-refractivity contribution in [2.24, 2.45) is 7.05 Å². The van der Waals surface area contributed by atoms with Crippen molar-refractivity contribution in [2.75, 3.05) is 24.8 Å². The third-order valence-electron chi connectivity index (χ3n) is 5.21. The van der Waals surface area contributed by atoms with Gasteiger partial charge in [0.05, 0.1) is 25.0 Å². The number of benzene rings is 2. The number of aromatic nitrogens is 3. The molecule has 0 atom stereocenters. The molecule has 2 amide bonds. The average molecular weight is 512 g/mol. The Morgan fingerprint density at radius 1 is 1.00 bits per heavy atom. The van der Waals surface area contributed by atoms with E-state index in [2.05, 4.69) is 39.4 Å². The molecule has 1 heterocycles. The number of amides is 2. The fourth-order valence-electron chi connectivity index (χ4n) is 3.09. The lowest BCUT2D eigenvalue weighted by molar-refractivity contribution is -0.123. The van der Waals surface area contributed by atoms with Crippen molar-refractivity contribution in [1.29, 1.82) is 0 Å². The van der Waals surface area contributed by atoms with Crippen LogP contribution in [0.5, 0.6) is 5.75 Å². The second-order valence-electron chi connectivity index (χ2n) is 8.15. The quantitative estimate of drug-likeness (QED) is 0.297. The molecule has 11 heteroatoms. The molecule has 2 aromatic carbocycles. The van der Waals surface area contributed by atoms with E-state index in [1.165, 1.54) is 24.4 Å². The van der Waals surface area contributed by atoms with Crippen LogP contribution in [-0.2, 0) is 27.9 Å². The van der Waals surface area contributed by atoms with Gasteiger partial charge in [-0.1, -0.05) is 37.7 Å². The number of ether oxygens (including phenoxy) is 2. The first-order valence-corrected chi connectivity index (χ1v) is 12.2. The minimum atomic E-state index is -0.443. The molecule has 10 nitrogen and oxygen atoms in total. The summed E-state index contributed by atoms with van der Waals surface area (Å²) >= 11 is 1.22. The van der Waals surface area contributed by atoms with E-state index in [0.29, 0.717) is 33.9 Å². The zero-order chi connectivity index (χ0) is 26.1. The van der Waals surface area contributed by atoms with E-state index in [-0.39, 0.29) is 30.7 Å². The molecule has 0 radical (unpaired) electrons. The van der Waals surface area contributed by atoms with Crippen LogP contribution in [0.3, 0.4) is 0 Å². The predicted octanol–water partition coefficient (Wildman–Crippen LogP) is 3.15. The molecule has 0 saturated carbocycles. The van der Waals surface area contributed by atoms with Gasteiger partial charge >= 0.3 is 5.97 Å². The van der Waals surface area contributed by atoms with Gasteiger partial charge in [0.25, 0.3) is 5.91 Å². The summed E-state index contributed by atoms with van der Waals surface area (Å²) in [5, 5.41) is 14.2. The van der Waals surface area contributed by atoms with Crippen molar-refractivity contribution in [3.63, 3.8) is 0 Å². The molecule has 0 fully saturated rings. The summed E-state index contributed by atoms with van der Waals surface area (Å²) in [4.78, 5) is 35.9. The Morgan fingerprint density at radius 3 is 2.33 bits per heavy atom. The number of carbonyl (C=O) groups is 3. The number of nitrogens with one attached hydrogen (secondary N) is 2. The number of esters is 1. The second kappa shape index (κ2) is 12.7. The monoisotopic (exact) mass is 511 g/mol. The summed E-state index contributed by atoms with van der Waals surface area (Å²) in [6, 6.07) is 14.1. The van der Waals surface area contributed by atoms with E-state index in [4.69, 9.17) is 4.74 Å². The van der Waals surface area contributed by atoms with Crippen molar-refractivity contribution < 1.29 is 23.9 Å². The first-order chi connectivity index (χ1) is 17.3. The molecule has 190 valence electrons. The molecule has 2 N–H and O–H groups in total. The summed E-state index contributed by atoms with van der Waals surface area (Å²) in [6.07, 6.45) is 0. The Bertz CT molecular complexity index is 1190. The molecular weight excluding hydrogens is 482 g/mol. The molecule has 3 rings (SSSR count). The van der Waals surface area contributed by atoms with E-state index in [0.717, 1.165) is 0 Å². The highest BCUT2D eigenvalue weighted by atomic mass is 32.2. The van der Waals surface area contributed by atoms with Crippen LogP contribution in [0.1, 0.15) is 41.5 Å². The minimum Gasteiger partial charge on any atom is -0.484 e. The number of hydrogen-bond donors (Lipinski definition) is 2. The molecule has 0 aliphatic rings. The lowest BCUT2D eigenvalue weighted by Gasteiger charge is -2.09. The number of thioether (sulfide) groups is 1. The first kappa shape index (κ1) is 26.7. The highest BCUT2D eigenvalue weighted by molar-refractivity contribution is 7.99. The third kappa shape index (κ3) is 7.57. The summed E-state index contributed by atoms with van der Waals surface area (Å²) in [7, 11) is 3.07. The van der Waals surface area contributed by atoms with E-state index < -0.39 is 5.97 Å². The molecule has 3 aromatic rings. The maximum Gasteiger partial charge on any atom is 0.337 e. The summed E-state index contributed by atoms with van der Waals surface area (Å²) in [5.41, 5.74) is 2.16. The highest BCUT2D eigenvalue weighted by Crippen LogP contribution is 2.19. The van der Waals surface area contributed by atoms with Gasteiger partial charge in [0.15, 0.2) is 17.6 Å². The van der Waals surface area contributed by atoms with Gasteiger partial charge in [-0.25, -0.2) is 4.79 Å². The van der Waals surface area contributed by atoms with E-state index in [1.54, 1.807) is 35.9 Å². The zero-order valence-corrected chi connectivity index (χ0v) is 21.4. The van der Waals surface area contributed by atoms with E-state index in [1.807, 2.05) is 24.3 Å². The highest BCUT2D eigenvalue weighted by Gasteiger charge is 2.13.